The average molecular weight is 541 g/mol. The van der Waals surface area contributed by atoms with E-state index in [1.807, 2.05) is 42.5 Å². The molecule has 0 spiro atoms. The van der Waals surface area contributed by atoms with Crippen molar-refractivity contribution < 1.29 is 19.2 Å². The minimum absolute atomic E-state index is 0.0258. The number of anilines is 1. The van der Waals surface area contributed by atoms with Crippen molar-refractivity contribution in [2.45, 2.75) is 13.5 Å². The Morgan fingerprint density at radius 3 is 2.33 bits per heavy atom. The molecule has 5 rings (SSSR count). The molecule has 1 N–H and O–H groups in total. The predicted octanol–water partition coefficient (Wildman–Crippen LogP) is 7.19. The number of hydrogen-bond donors (Lipinski definition) is 1. The van der Waals surface area contributed by atoms with Gasteiger partial charge in [0.2, 0.25) is 17.5 Å². The highest BCUT2D eigenvalue weighted by Gasteiger charge is 2.19. The summed E-state index contributed by atoms with van der Waals surface area (Å²) in [5.74, 6) is 0.453. The van der Waals surface area contributed by atoms with E-state index in [4.69, 9.17) is 31.0 Å². The number of nitrogens with zero attached hydrogens (tertiary/aromatic N) is 3. The summed E-state index contributed by atoms with van der Waals surface area (Å²) in [4.78, 5) is 32.1. The monoisotopic (exact) mass is 540 g/mol. The van der Waals surface area contributed by atoms with Gasteiger partial charge in [-0.2, -0.15) is 0 Å². The van der Waals surface area contributed by atoms with E-state index < -0.39 is 4.92 Å². The van der Waals surface area contributed by atoms with E-state index in [0.717, 1.165) is 5.56 Å². The summed E-state index contributed by atoms with van der Waals surface area (Å²) in [6, 6.07) is 26.0. The normalized spacial score (nSPS) is 10.7. The number of halogens is 1. The first-order valence-corrected chi connectivity index (χ1v) is 12.2. The number of para-hydroxylation sites is 4. The number of aromatic nitrogens is 2. The van der Waals surface area contributed by atoms with Crippen LogP contribution in [0.5, 0.6) is 17.4 Å². The first-order valence-electron chi connectivity index (χ1n) is 11.9. The third kappa shape index (κ3) is 5.78. The number of hydrogen-bond acceptors (Lipinski definition) is 7. The van der Waals surface area contributed by atoms with Gasteiger partial charge in [-0.05, 0) is 42.0 Å². The van der Waals surface area contributed by atoms with Crippen LogP contribution in [0.3, 0.4) is 0 Å². The Balaban J connectivity index is 1.42. The molecule has 0 aliphatic rings. The zero-order chi connectivity index (χ0) is 27.4. The van der Waals surface area contributed by atoms with Crippen LogP contribution in [0.1, 0.15) is 12.5 Å². The Morgan fingerprint density at radius 2 is 1.62 bits per heavy atom. The molecule has 9 nitrogen and oxygen atoms in total. The Kier molecular flexibility index (Phi) is 7.33. The molecule has 4 aromatic carbocycles. The third-order valence-corrected chi connectivity index (χ3v) is 5.99. The van der Waals surface area contributed by atoms with Gasteiger partial charge >= 0.3 is 5.69 Å². The lowest BCUT2D eigenvalue weighted by Crippen LogP contribution is -2.08. The number of fused-ring (bicyclic) bond motifs is 1. The van der Waals surface area contributed by atoms with Gasteiger partial charge in [-0.15, -0.1) is 0 Å². The van der Waals surface area contributed by atoms with Crippen LogP contribution in [0.2, 0.25) is 5.02 Å². The Morgan fingerprint density at radius 1 is 0.923 bits per heavy atom. The number of nitro benzene ring substituents is 1. The van der Waals surface area contributed by atoms with Crippen molar-refractivity contribution in [1.82, 2.24) is 9.97 Å². The van der Waals surface area contributed by atoms with Gasteiger partial charge in [0.1, 0.15) is 18.1 Å². The van der Waals surface area contributed by atoms with Gasteiger partial charge in [0.05, 0.1) is 26.7 Å². The smallest absolute Gasteiger partial charge is 0.313 e. The van der Waals surface area contributed by atoms with Gasteiger partial charge in [-0.25, -0.2) is 9.97 Å². The molecule has 0 saturated heterocycles. The van der Waals surface area contributed by atoms with Crippen molar-refractivity contribution in [1.29, 1.82) is 0 Å². The highest BCUT2D eigenvalue weighted by Crippen LogP contribution is 2.38. The van der Waals surface area contributed by atoms with E-state index in [9.17, 15) is 14.9 Å². The van der Waals surface area contributed by atoms with Crippen molar-refractivity contribution in [2.75, 3.05) is 5.32 Å². The van der Waals surface area contributed by atoms with Crippen molar-refractivity contribution >= 4 is 39.9 Å². The van der Waals surface area contributed by atoms with E-state index in [2.05, 4.69) is 5.32 Å². The molecule has 1 heterocycles. The number of carbonyl (C=O) groups excluding carboxylic acids is 1. The summed E-state index contributed by atoms with van der Waals surface area (Å²) in [5.41, 5.74) is 3.68. The second-order valence-corrected chi connectivity index (χ2v) is 8.88. The molecule has 1 aromatic heterocycles. The fourth-order valence-corrected chi connectivity index (χ4v) is 4.12. The van der Waals surface area contributed by atoms with Crippen LogP contribution in [0, 0.1) is 10.1 Å². The number of nitro groups is 1. The molecule has 5 aromatic rings. The molecule has 1 amide bonds. The van der Waals surface area contributed by atoms with Crippen molar-refractivity contribution in [3.05, 3.63) is 112 Å². The number of ether oxygens (including phenoxy) is 2. The Bertz CT molecular complexity index is 1690. The number of carbonyl (C=O) groups is 1. The van der Waals surface area contributed by atoms with Crippen LogP contribution in [-0.4, -0.2) is 20.8 Å². The number of benzene rings is 4. The molecule has 10 heteroatoms. The van der Waals surface area contributed by atoms with Gasteiger partial charge in [0, 0.05) is 18.6 Å². The van der Waals surface area contributed by atoms with Crippen LogP contribution in [0.25, 0.3) is 22.3 Å². The molecule has 0 unspecified atom stereocenters. The summed E-state index contributed by atoms with van der Waals surface area (Å²) in [5, 5.41) is 14.3. The first kappa shape index (κ1) is 25.6. The topological polar surface area (TPSA) is 116 Å². The maximum Gasteiger partial charge on any atom is 0.313 e. The fourth-order valence-electron chi connectivity index (χ4n) is 3.91. The van der Waals surface area contributed by atoms with E-state index >= 15 is 0 Å². The molecular formula is C29H21ClN4O5. The highest BCUT2D eigenvalue weighted by atomic mass is 35.5. The zero-order valence-corrected chi connectivity index (χ0v) is 21.4. The van der Waals surface area contributed by atoms with Gasteiger partial charge in [-0.3, -0.25) is 14.9 Å². The maximum absolute atomic E-state index is 11.8. The quantitative estimate of drug-likeness (QED) is 0.163. The minimum atomic E-state index is -0.546. The summed E-state index contributed by atoms with van der Waals surface area (Å²) in [6.45, 7) is 1.60. The molecule has 0 radical (unpaired) electrons. The minimum Gasteiger partial charge on any atom is -0.471 e. The summed E-state index contributed by atoms with van der Waals surface area (Å²) in [6.07, 6.45) is 0. The largest absolute Gasteiger partial charge is 0.471 e. The van der Waals surface area contributed by atoms with Crippen LogP contribution in [-0.2, 0) is 11.4 Å². The lowest BCUT2D eigenvalue weighted by Gasteiger charge is -2.14. The van der Waals surface area contributed by atoms with Crippen LogP contribution in [0.4, 0.5) is 11.4 Å². The summed E-state index contributed by atoms with van der Waals surface area (Å²) in [7, 11) is 0. The zero-order valence-electron chi connectivity index (χ0n) is 20.6. The number of nitrogens with one attached hydrogen (secondary N) is 1. The maximum atomic E-state index is 11.8. The van der Waals surface area contributed by atoms with Crippen LogP contribution < -0.4 is 14.8 Å². The Labute approximate surface area is 228 Å². The van der Waals surface area contributed by atoms with Crippen molar-refractivity contribution in [3.8, 4) is 28.6 Å². The van der Waals surface area contributed by atoms with Gasteiger partial charge in [0.25, 0.3) is 0 Å². The molecule has 0 atom stereocenters. The van der Waals surface area contributed by atoms with E-state index in [-0.39, 0.29) is 29.0 Å². The van der Waals surface area contributed by atoms with Crippen LogP contribution in [0.15, 0.2) is 91.0 Å². The van der Waals surface area contributed by atoms with Crippen LogP contribution >= 0.6 is 11.6 Å². The first-order chi connectivity index (χ1) is 18.9. The number of amides is 1. The van der Waals surface area contributed by atoms with E-state index in [1.54, 1.807) is 30.3 Å². The van der Waals surface area contributed by atoms with Gasteiger partial charge in [-0.1, -0.05) is 60.1 Å². The summed E-state index contributed by atoms with van der Waals surface area (Å²) >= 11 is 6.13. The molecule has 0 aliphatic heterocycles. The molecule has 0 fully saturated rings. The third-order valence-electron chi connectivity index (χ3n) is 5.69. The van der Waals surface area contributed by atoms with E-state index in [1.165, 1.54) is 25.1 Å². The molecule has 0 saturated carbocycles. The van der Waals surface area contributed by atoms with Crippen molar-refractivity contribution in [2.24, 2.45) is 0 Å². The van der Waals surface area contributed by atoms with Gasteiger partial charge in [0.15, 0.2) is 0 Å². The lowest BCUT2D eigenvalue weighted by atomic mass is 10.1. The van der Waals surface area contributed by atoms with Crippen molar-refractivity contribution in [3.63, 3.8) is 0 Å². The second-order valence-electron chi connectivity index (χ2n) is 8.47. The SMILES string of the molecule is CC(=O)Nc1ccccc1-c1nc2ccccc2nc1OCc1ccc(Oc2c(Cl)cccc2[N+](=O)[O-])cc1. The molecule has 194 valence electrons. The molecule has 0 bridgehead atoms. The molecule has 0 aliphatic carbocycles. The predicted molar refractivity (Wildman–Crippen MR) is 148 cm³/mol. The van der Waals surface area contributed by atoms with E-state index in [0.29, 0.717) is 39.6 Å². The average Bonchev–Trinajstić information content (AvgIpc) is 2.93. The summed E-state index contributed by atoms with van der Waals surface area (Å²) < 4.78 is 11.9. The Hall–Kier alpha value is -5.02. The standard InChI is InChI=1S/C29H21ClN4O5/c1-18(35)31-23-9-3-2-7-21(23)27-29(33-25-11-5-4-10-24(25)32-27)38-17-19-13-15-20(16-14-19)39-28-22(30)8-6-12-26(28)34(36)37/h2-16H,17H2,1H3,(H,31,35). The van der Waals surface area contributed by atoms with Gasteiger partial charge < -0.3 is 14.8 Å². The fraction of sp³-hybridized carbons (Fsp3) is 0.0690. The molecular weight excluding hydrogens is 520 g/mol. The molecule has 39 heavy (non-hydrogen) atoms. The second kappa shape index (κ2) is 11.2. The number of rotatable bonds is 8. The highest BCUT2D eigenvalue weighted by molar-refractivity contribution is 6.32. The lowest BCUT2D eigenvalue weighted by molar-refractivity contribution is -0.385.